The highest BCUT2D eigenvalue weighted by molar-refractivity contribution is 5.98. The molecule has 2 saturated heterocycles. The normalized spacial score (nSPS) is 21.4. The van der Waals surface area contributed by atoms with Crippen molar-refractivity contribution in [3.05, 3.63) is 35.9 Å². The van der Waals surface area contributed by atoms with E-state index in [0.717, 1.165) is 10.5 Å². The van der Waals surface area contributed by atoms with E-state index in [-0.39, 0.29) is 24.5 Å². The fraction of sp³-hybridized carbons (Fsp3) is 0.438. The quantitative estimate of drug-likeness (QED) is 0.838. The highest BCUT2D eigenvalue weighted by Crippen LogP contribution is 2.21. The molecule has 3 rings (SSSR count). The lowest BCUT2D eigenvalue weighted by Crippen LogP contribution is -2.42. The first-order chi connectivity index (χ1) is 10.6. The Kier molecular flexibility index (Phi) is 4.09. The minimum atomic E-state index is -0.589. The summed E-state index contributed by atoms with van der Waals surface area (Å²) in [5.74, 6) is -0.250. The van der Waals surface area contributed by atoms with E-state index in [2.05, 4.69) is 0 Å². The second kappa shape index (κ2) is 6.17. The third kappa shape index (κ3) is 2.95. The number of ether oxygens (including phenoxy) is 1. The molecule has 1 aromatic rings. The Labute approximate surface area is 128 Å². The molecule has 0 spiro atoms. The Morgan fingerprint density at radius 2 is 2.00 bits per heavy atom. The molecular weight excluding hydrogens is 284 g/mol. The molecule has 6 heteroatoms. The summed E-state index contributed by atoms with van der Waals surface area (Å²) in [6.07, 6.45) is 1.17. The molecule has 2 aliphatic heterocycles. The van der Waals surface area contributed by atoms with Gasteiger partial charge in [0.05, 0.1) is 6.04 Å². The first-order valence-corrected chi connectivity index (χ1v) is 7.45. The number of imide groups is 1. The van der Waals surface area contributed by atoms with Gasteiger partial charge in [-0.3, -0.25) is 9.59 Å². The van der Waals surface area contributed by atoms with Crippen LogP contribution in [-0.2, 0) is 20.7 Å². The molecule has 1 atom stereocenters. The van der Waals surface area contributed by atoms with Crippen molar-refractivity contribution in [3.8, 4) is 0 Å². The molecule has 0 aliphatic carbocycles. The number of aryl methyl sites for hydroxylation is 1. The average molecular weight is 302 g/mol. The van der Waals surface area contributed by atoms with Crippen LogP contribution in [0, 0.1) is 0 Å². The topological polar surface area (TPSA) is 66.9 Å². The lowest BCUT2D eigenvalue weighted by Gasteiger charge is -2.20. The van der Waals surface area contributed by atoms with Gasteiger partial charge in [0.25, 0.3) is 5.91 Å². The molecule has 0 aromatic heterocycles. The Morgan fingerprint density at radius 3 is 2.68 bits per heavy atom. The Balaban J connectivity index is 1.53. The van der Waals surface area contributed by atoms with Crippen LogP contribution in [0.25, 0.3) is 0 Å². The van der Waals surface area contributed by atoms with Crippen molar-refractivity contribution in [3.63, 3.8) is 0 Å². The van der Waals surface area contributed by atoms with E-state index in [9.17, 15) is 14.4 Å². The molecule has 2 heterocycles. The Morgan fingerprint density at radius 1 is 1.23 bits per heavy atom. The third-order valence-electron chi connectivity index (χ3n) is 4.14. The number of nitrogens with zero attached hydrogens (tertiary/aromatic N) is 2. The minimum absolute atomic E-state index is 0.0615. The molecule has 2 fully saturated rings. The van der Waals surface area contributed by atoms with Gasteiger partial charge in [-0.05, 0) is 18.4 Å². The number of amides is 3. The number of cyclic esters (lactones) is 1. The van der Waals surface area contributed by atoms with Gasteiger partial charge in [0, 0.05) is 19.5 Å². The van der Waals surface area contributed by atoms with Crippen LogP contribution in [0.4, 0.5) is 4.79 Å². The fourth-order valence-electron chi connectivity index (χ4n) is 2.95. The van der Waals surface area contributed by atoms with Crippen molar-refractivity contribution in [1.82, 2.24) is 9.80 Å². The van der Waals surface area contributed by atoms with E-state index in [4.69, 9.17) is 4.74 Å². The van der Waals surface area contributed by atoms with Crippen LogP contribution in [-0.4, -0.2) is 53.4 Å². The number of benzene rings is 1. The average Bonchev–Trinajstić information content (AvgIpc) is 3.13. The molecule has 0 bridgehead atoms. The largest absolute Gasteiger partial charge is 0.439 e. The van der Waals surface area contributed by atoms with Crippen molar-refractivity contribution in [2.75, 3.05) is 19.7 Å². The summed E-state index contributed by atoms with van der Waals surface area (Å²) in [6.45, 7) is 0.807. The summed E-state index contributed by atoms with van der Waals surface area (Å²) < 4.78 is 4.73. The van der Waals surface area contributed by atoms with Crippen molar-refractivity contribution >= 4 is 17.9 Å². The minimum Gasteiger partial charge on any atom is -0.439 e. The van der Waals surface area contributed by atoms with Crippen molar-refractivity contribution in [2.24, 2.45) is 0 Å². The molecule has 22 heavy (non-hydrogen) atoms. The van der Waals surface area contributed by atoms with Gasteiger partial charge in [0.1, 0.15) is 0 Å². The highest BCUT2D eigenvalue weighted by atomic mass is 16.6. The predicted octanol–water partition coefficient (Wildman–Crippen LogP) is 1.20. The van der Waals surface area contributed by atoms with Gasteiger partial charge < -0.3 is 9.64 Å². The van der Waals surface area contributed by atoms with Crippen LogP contribution in [0.3, 0.4) is 0 Å². The summed E-state index contributed by atoms with van der Waals surface area (Å²) in [5.41, 5.74) is 1.13. The van der Waals surface area contributed by atoms with E-state index in [1.807, 2.05) is 30.3 Å². The fourth-order valence-corrected chi connectivity index (χ4v) is 2.95. The molecule has 3 amide bonds. The number of hydrogen-bond donors (Lipinski definition) is 0. The zero-order valence-electron chi connectivity index (χ0n) is 12.2. The third-order valence-corrected chi connectivity index (χ3v) is 4.14. The summed E-state index contributed by atoms with van der Waals surface area (Å²) in [5, 5.41) is 0. The molecule has 0 saturated carbocycles. The maximum atomic E-state index is 12.2. The van der Waals surface area contributed by atoms with Crippen LogP contribution in [0.15, 0.2) is 30.3 Å². The van der Waals surface area contributed by atoms with Crippen LogP contribution in [0.5, 0.6) is 0 Å². The second-order valence-electron chi connectivity index (χ2n) is 5.59. The molecule has 1 unspecified atom stereocenters. The zero-order valence-corrected chi connectivity index (χ0v) is 12.2. The van der Waals surface area contributed by atoms with Crippen molar-refractivity contribution < 1.29 is 19.1 Å². The molecule has 0 radical (unpaired) electrons. The molecular formula is C16H18N2O4. The summed E-state index contributed by atoms with van der Waals surface area (Å²) in [7, 11) is 0. The summed E-state index contributed by atoms with van der Waals surface area (Å²) in [6, 6.07) is 9.61. The van der Waals surface area contributed by atoms with Gasteiger partial charge in [-0.15, -0.1) is 0 Å². The maximum absolute atomic E-state index is 12.2. The highest BCUT2D eigenvalue weighted by Gasteiger charge is 2.40. The van der Waals surface area contributed by atoms with Crippen molar-refractivity contribution in [2.45, 2.75) is 25.3 Å². The van der Waals surface area contributed by atoms with E-state index in [1.165, 1.54) is 0 Å². The van der Waals surface area contributed by atoms with Gasteiger partial charge in [-0.2, -0.15) is 0 Å². The number of carbonyl (C=O) groups excluding carboxylic acids is 3. The van der Waals surface area contributed by atoms with Gasteiger partial charge >= 0.3 is 6.09 Å². The van der Waals surface area contributed by atoms with Crippen LogP contribution in [0.1, 0.15) is 18.4 Å². The van der Waals surface area contributed by atoms with Crippen LogP contribution in [0.2, 0.25) is 0 Å². The van der Waals surface area contributed by atoms with Gasteiger partial charge in [-0.1, -0.05) is 30.3 Å². The SMILES string of the molecule is O=C(CCc1ccccc1)N1CCC(N2C(=O)COC2=O)C1. The van der Waals surface area contributed by atoms with E-state index in [1.54, 1.807) is 4.90 Å². The molecule has 6 nitrogen and oxygen atoms in total. The van der Waals surface area contributed by atoms with Crippen LogP contribution >= 0.6 is 0 Å². The first kappa shape index (κ1) is 14.6. The molecule has 116 valence electrons. The predicted molar refractivity (Wildman–Crippen MR) is 77.9 cm³/mol. The monoisotopic (exact) mass is 302 g/mol. The van der Waals surface area contributed by atoms with Gasteiger partial charge in [0.15, 0.2) is 6.61 Å². The zero-order chi connectivity index (χ0) is 15.5. The lowest BCUT2D eigenvalue weighted by molar-refractivity contribution is -0.131. The number of carbonyl (C=O) groups is 3. The van der Waals surface area contributed by atoms with E-state index >= 15 is 0 Å². The van der Waals surface area contributed by atoms with Gasteiger partial charge in [-0.25, -0.2) is 9.69 Å². The Hall–Kier alpha value is -2.37. The van der Waals surface area contributed by atoms with Gasteiger partial charge in [0.2, 0.25) is 5.91 Å². The number of likely N-dealkylation sites (tertiary alicyclic amines) is 1. The standard InChI is InChI=1S/C16H18N2O4/c19-14(7-6-12-4-2-1-3-5-12)17-9-8-13(10-17)18-15(20)11-22-16(18)21/h1-5,13H,6-11H2. The van der Waals surface area contributed by atoms with Crippen molar-refractivity contribution in [1.29, 1.82) is 0 Å². The molecule has 2 aliphatic rings. The van der Waals surface area contributed by atoms with E-state index < -0.39 is 6.09 Å². The maximum Gasteiger partial charge on any atom is 0.417 e. The van der Waals surface area contributed by atoms with E-state index in [0.29, 0.717) is 32.4 Å². The lowest BCUT2D eigenvalue weighted by atomic mass is 10.1. The second-order valence-corrected chi connectivity index (χ2v) is 5.59. The number of rotatable bonds is 4. The summed E-state index contributed by atoms with van der Waals surface area (Å²) >= 11 is 0. The van der Waals surface area contributed by atoms with Crippen LogP contribution < -0.4 is 0 Å². The molecule has 1 aromatic carbocycles. The number of hydrogen-bond acceptors (Lipinski definition) is 4. The summed E-state index contributed by atoms with van der Waals surface area (Å²) in [4.78, 5) is 38.3. The molecule has 0 N–H and O–H groups in total. The Bertz CT molecular complexity index is 571. The smallest absolute Gasteiger partial charge is 0.417 e. The first-order valence-electron chi connectivity index (χ1n) is 7.45.